The maximum Gasteiger partial charge on any atom is 0.273 e. The van der Waals surface area contributed by atoms with E-state index < -0.39 is 5.54 Å². The highest BCUT2D eigenvalue weighted by molar-refractivity contribution is 5.99. The molecule has 2 aliphatic rings. The van der Waals surface area contributed by atoms with Gasteiger partial charge in [-0.15, -0.1) is 0 Å². The van der Waals surface area contributed by atoms with Gasteiger partial charge in [0.05, 0.1) is 5.69 Å². The van der Waals surface area contributed by atoms with Crippen LogP contribution in [0.1, 0.15) is 55.2 Å². The molecule has 1 aromatic heterocycles. The summed E-state index contributed by atoms with van der Waals surface area (Å²) >= 11 is 0. The highest BCUT2D eigenvalue weighted by Crippen LogP contribution is 2.39. The van der Waals surface area contributed by atoms with Gasteiger partial charge in [-0.05, 0) is 45.1 Å². The molecule has 2 fully saturated rings. The first-order chi connectivity index (χ1) is 11.0. The topological polar surface area (TPSA) is 58.4 Å². The highest BCUT2D eigenvalue weighted by Gasteiger charge is 2.52. The fourth-order valence-electron chi connectivity index (χ4n) is 4.15. The summed E-state index contributed by atoms with van der Waals surface area (Å²) in [6.07, 6.45) is 4.40. The number of aromatic nitrogens is 2. The number of carbonyl (C=O) groups excluding carboxylic acids is 2. The number of amides is 2. The van der Waals surface area contributed by atoms with E-state index in [1.54, 1.807) is 11.7 Å². The number of carbonyl (C=O) groups is 2. The summed E-state index contributed by atoms with van der Waals surface area (Å²) < 4.78 is 1.63. The molecule has 3 rings (SSSR count). The molecule has 1 spiro atoms. The Kier molecular flexibility index (Phi) is 4.17. The molecule has 6 heteroatoms. The normalized spacial score (nSPS) is 24.7. The van der Waals surface area contributed by atoms with Crippen molar-refractivity contribution < 1.29 is 9.59 Å². The second-order valence-corrected chi connectivity index (χ2v) is 6.78. The Morgan fingerprint density at radius 3 is 2.61 bits per heavy atom. The van der Waals surface area contributed by atoms with Gasteiger partial charge in [-0.2, -0.15) is 5.10 Å². The number of hydrogen-bond acceptors (Lipinski definition) is 3. The van der Waals surface area contributed by atoms with Crippen LogP contribution >= 0.6 is 0 Å². The molecule has 0 radical (unpaired) electrons. The van der Waals surface area contributed by atoms with E-state index in [1.165, 1.54) is 0 Å². The fourth-order valence-corrected chi connectivity index (χ4v) is 4.15. The number of likely N-dealkylation sites (tertiary alicyclic amines) is 2. The smallest absolute Gasteiger partial charge is 0.273 e. The van der Waals surface area contributed by atoms with Gasteiger partial charge < -0.3 is 9.80 Å². The average molecular weight is 318 g/mol. The molecule has 6 nitrogen and oxygen atoms in total. The van der Waals surface area contributed by atoms with Crippen LogP contribution in [0.15, 0.2) is 6.07 Å². The van der Waals surface area contributed by atoms with Crippen molar-refractivity contribution in [3.8, 4) is 0 Å². The molecular formula is C17H26N4O2. The van der Waals surface area contributed by atoms with E-state index in [0.29, 0.717) is 12.2 Å². The molecule has 0 aromatic carbocycles. The van der Waals surface area contributed by atoms with Gasteiger partial charge in [-0.1, -0.05) is 6.92 Å². The van der Waals surface area contributed by atoms with E-state index in [2.05, 4.69) is 12.0 Å². The molecule has 2 aliphatic heterocycles. The van der Waals surface area contributed by atoms with E-state index in [9.17, 15) is 9.59 Å². The number of aryl methyl sites for hydroxylation is 2. The zero-order valence-electron chi connectivity index (χ0n) is 14.3. The second-order valence-electron chi connectivity index (χ2n) is 6.78. The summed E-state index contributed by atoms with van der Waals surface area (Å²) in [5.74, 6) is 0.0904. The van der Waals surface area contributed by atoms with Crippen LogP contribution in [-0.2, 0) is 11.8 Å². The molecule has 2 saturated heterocycles. The fraction of sp³-hybridized carbons (Fsp3) is 0.706. The van der Waals surface area contributed by atoms with Crippen LogP contribution in [-0.4, -0.2) is 56.6 Å². The minimum absolute atomic E-state index is 0.0581. The monoisotopic (exact) mass is 318 g/mol. The van der Waals surface area contributed by atoms with E-state index in [4.69, 9.17) is 0 Å². The van der Waals surface area contributed by atoms with Crippen LogP contribution in [0.3, 0.4) is 0 Å². The lowest BCUT2D eigenvalue weighted by atomic mass is 9.85. The zero-order valence-corrected chi connectivity index (χ0v) is 14.3. The molecule has 1 aromatic rings. The first kappa shape index (κ1) is 16.0. The molecule has 23 heavy (non-hydrogen) atoms. The van der Waals surface area contributed by atoms with Crippen LogP contribution in [0.4, 0.5) is 0 Å². The maximum atomic E-state index is 13.1. The molecular weight excluding hydrogens is 292 g/mol. The summed E-state index contributed by atoms with van der Waals surface area (Å²) in [6.45, 7) is 6.24. The van der Waals surface area contributed by atoms with Crippen molar-refractivity contribution in [1.29, 1.82) is 0 Å². The predicted molar refractivity (Wildman–Crippen MR) is 87.1 cm³/mol. The lowest BCUT2D eigenvalue weighted by Crippen LogP contribution is -2.61. The van der Waals surface area contributed by atoms with Crippen molar-refractivity contribution >= 4 is 11.8 Å². The number of nitrogens with zero attached hydrogens (tertiary/aromatic N) is 4. The van der Waals surface area contributed by atoms with Gasteiger partial charge in [0.15, 0.2) is 0 Å². The minimum atomic E-state index is -0.622. The minimum Gasteiger partial charge on any atom is -0.341 e. The largest absolute Gasteiger partial charge is 0.341 e. The van der Waals surface area contributed by atoms with Crippen LogP contribution in [0, 0.1) is 6.92 Å². The first-order valence-electron chi connectivity index (χ1n) is 8.61. The van der Waals surface area contributed by atoms with Crippen molar-refractivity contribution in [3.05, 3.63) is 17.5 Å². The van der Waals surface area contributed by atoms with Gasteiger partial charge in [0, 0.05) is 26.7 Å². The Balaban J connectivity index is 1.91. The van der Waals surface area contributed by atoms with E-state index in [1.807, 2.05) is 22.8 Å². The van der Waals surface area contributed by atoms with E-state index >= 15 is 0 Å². The molecule has 0 bridgehead atoms. The molecule has 2 amide bonds. The standard InChI is InChI=1S/C17H26N4O2/c1-4-9-20-10-5-7-17(16(20)23)8-6-11-21(17)15(22)14-12-13(2)18-19(14)3/h12H,4-11H2,1-3H3. The SMILES string of the molecule is CCCN1CCCC2(CCCN2C(=O)c2cc(C)nn2C)C1=O. The third kappa shape index (κ3) is 2.54. The predicted octanol–water partition coefficient (Wildman–Crippen LogP) is 1.74. The molecule has 0 aliphatic carbocycles. The van der Waals surface area contributed by atoms with Crippen LogP contribution < -0.4 is 0 Å². The van der Waals surface area contributed by atoms with Crippen LogP contribution in [0.2, 0.25) is 0 Å². The summed E-state index contributed by atoms with van der Waals surface area (Å²) in [6, 6.07) is 1.81. The average Bonchev–Trinajstić information content (AvgIpc) is 3.08. The molecule has 1 unspecified atom stereocenters. The summed E-state index contributed by atoms with van der Waals surface area (Å²) in [4.78, 5) is 29.9. The van der Waals surface area contributed by atoms with Crippen molar-refractivity contribution in [1.82, 2.24) is 19.6 Å². The Labute approximate surface area is 137 Å². The van der Waals surface area contributed by atoms with Gasteiger partial charge in [-0.25, -0.2) is 0 Å². The summed E-state index contributed by atoms with van der Waals surface area (Å²) in [5, 5.41) is 4.27. The summed E-state index contributed by atoms with van der Waals surface area (Å²) in [5.41, 5.74) is 0.777. The van der Waals surface area contributed by atoms with Crippen LogP contribution in [0.5, 0.6) is 0 Å². The Bertz CT molecular complexity index is 622. The Hall–Kier alpha value is -1.85. The van der Waals surface area contributed by atoms with Gasteiger partial charge in [0.25, 0.3) is 5.91 Å². The number of rotatable bonds is 3. The van der Waals surface area contributed by atoms with Crippen LogP contribution in [0.25, 0.3) is 0 Å². The zero-order chi connectivity index (χ0) is 16.6. The van der Waals surface area contributed by atoms with E-state index in [-0.39, 0.29) is 11.8 Å². The molecule has 0 N–H and O–H groups in total. The molecule has 3 heterocycles. The molecule has 1 atom stereocenters. The lowest BCUT2D eigenvalue weighted by Gasteiger charge is -2.44. The van der Waals surface area contributed by atoms with Gasteiger partial charge in [0.1, 0.15) is 11.2 Å². The van der Waals surface area contributed by atoms with Gasteiger partial charge in [0.2, 0.25) is 5.91 Å². The molecule has 0 saturated carbocycles. The molecule has 126 valence electrons. The lowest BCUT2D eigenvalue weighted by molar-refractivity contribution is -0.145. The van der Waals surface area contributed by atoms with Gasteiger partial charge >= 0.3 is 0 Å². The highest BCUT2D eigenvalue weighted by atomic mass is 16.2. The number of piperidine rings is 1. The van der Waals surface area contributed by atoms with Crippen molar-refractivity contribution in [2.24, 2.45) is 7.05 Å². The Morgan fingerprint density at radius 1 is 1.30 bits per heavy atom. The second kappa shape index (κ2) is 5.98. The quantitative estimate of drug-likeness (QED) is 0.853. The third-order valence-corrected chi connectivity index (χ3v) is 5.15. The van der Waals surface area contributed by atoms with E-state index in [0.717, 1.165) is 50.9 Å². The van der Waals surface area contributed by atoms with Crippen molar-refractivity contribution in [2.75, 3.05) is 19.6 Å². The third-order valence-electron chi connectivity index (χ3n) is 5.15. The summed E-state index contributed by atoms with van der Waals surface area (Å²) in [7, 11) is 1.79. The maximum absolute atomic E-state index is 13.1. The first-order valence-corrected chi connectivity index (χ1v) is 8.61. The van der Waals surface area contributed by atoms with Gasteiger partial charge in [-0.3, -0.25) is 14.3 Å². The Morgan fingerprint density at radius 2 is 2.00 bits per heavy atom. The van der Waals surface area contributed by atoms with Crippen molar-refractivity contribution in [2.45, 2.75) is 51.5 Å². The van der Waals surface area contributed by atoms with Crippen molar-refractivity contribution in [3.63, 3.8) is 0 Å². The number of hydrogen-bond donors (Lipinski definition) is 0.